The summed E-state index contributed by atoms with van der Waals surface area (Å²) < 4.78 is 17.0. The third-order valence-electron chi connectivity index (χ3n) is 8.29. The first-order valence-electron chi connectivity index (χ1n) is 15.6. The fourth-order valence-corrected chi connectivity index (χ4v) is 6.61. The Morgan fingerprint density at radius 1 is 0.755 bits per heavy atom. The summed E-state index contributed by atoms with van der Waals surface area (Å²) in [6.45, 7) is 4.06. The van der Waals surface area contributed by atoms with Crippen LogP contribution in [-0.2, 0) is 42.4 Å². The van der Waals surface area contributed by atoms with E-state index < -0.39 is 23.5 Å². The Balaban J connectivity index is 1.26. The Kier molecular flexibility index (Phi) is 9.11. The van der Waals surface area contributed by atoms with Crippen LogP contribution in [0.1, 0.15) is 77.4 Å². The highest BCUT2D eigenvalue weighted by Crippen LogP contribution is 2.53. The number of carbonyl (C=O) groups excluding carboxylic acids is 5. The van der Waals surface area contributed by atoms with Gasteiger partial charge in [-0.15, -0.1) is 0 Å². The maximum Gasteiger partial charge on any atom is 0.340 e. The molecule has 1 spiro atoms. The molecule has 0 aromatic heterocycles. The third kappa shape index (κ3) is 6.97. The van der Waals surface area contributed by atoms with Crippen LogP contribution in [0.2, 0.25) is 0 Å². The molecule has 0 bridgehead atoms. The van der Waals surface area contributed by atoms with Crippen LogP contribution in [0.5, 0.6) is 11.5 Å². The lowest BCUT2D eigenvalue weighted by molar-refractivity contribution is -0.132. The van der Waals surface area contributed by atoms with E-state index in [4.69, 9.17) is 26.4 Å². The van der Waals surface area contributed by atoms with Gasteiger partial charge in [-0.3, -0.25) is 19.2 Å². The molecule has 6 rings (SSSR count). The Hall–Kier alpha value is -5.68. The minimum absolute atomic E-state index is 0.0431. The lowest BCUT2D eigenvalue weighted by Gasteiger charge is -2.37. The average molecular weight is 677 g/mol. The van der Waals surface area contributed by atoms with E-state index in [1.165, 1.54) is 20.8 Å². The summed E-state index contributed by atoms with van der Waals surface area (Å²) >= 11 is 5.55. The number of fused-ring (bicyclic) bond motifs is 6. The van der Waals surface area contributed by atoms with Crippen LogP contribution >= 0.6 is 12.2 Å². The molecule has 2 aliphatic rings. The number of esters is 3. The molecule has 4 aromatic rings. The van der Waals surface area contributed by atoms with Crippen molar-refractivity contribution in [3.8, 4) is 11.5 Å². The Labute approximate surface area is 287 Å². The largest absolute Gasteiger partial charge is 0.441 e. The van der Waals surface area contributed by atoms with Crippen molar-refractivity contribution in [2.45, 2.75) is 52.1 Å². The highest BCUT2D eigenvalue weighted by Gasteiger charge is 2.52. The van der Waals surface area contributed by atoms with Crippen LogP contribution in [0.15, 0.2) is 78.9 Å². The molecule has 1 heterocycles. The van der Waals surface area contributed by atoms with Gasteiger partial charge in [0.25, 0.3) is 0 Å². The van der Waals surface area contributed by atoms with Crippen molar-refractivity contribution >= 4 is 58.2 Å². The first-order chi connectivity index (χ1) is 23.4. The second-order valence-corrected chi connectivity index (χ2v) is 12.4. The van der Waals surface area contributed by atoms with Gasteiger partial charge in [0.15, 0.2) is 10.7 Å². The summed E-state index contributed by atoms with van der Waals surface area (Å²) in [5, 5.41) is 6.56. The Bertz CT molecular complexity index is 1990. The minimum Gasteiger partial charge on any atom is -0.441 e. The summed E-state index contributed by atoms with van der Waals surface area (Å²) in [5.41, 5.74) is 4.97. The quantitative estimate of drug-likeness (QED) is 0.0908. The van der Waals surface area contributed by atoms with Gasteiger partial charge >= 0.3 is 17.9 Å². The van der Waals surface area contributed by atoms with Crippen molar-refractivity contribution in [1.29, 1.82) is 0 Å². The molecule has 248 valence electrons. The maximum atomic E-state index is 13.6. The van der Waals surface area contributed by atoms with Crippen molar-refractivity contribution < 1.29 is 38.2 Å². The van der Waals surface area contributed by atoms with Crippen LogP contribution in [-0.4, -0.2) is 34.6 Å². The van der Waals surface area contributed by atoms with Crippen LogP contribution in [0.25, 0.3) is 0 Å². The van der Waals surface area contributed by atoms with Crippen LogP contribution in [0.3, 0.4) is 0 Å². The fourth-order valence-electron chi connectivity index (χ4n) is 6.37. The number of aryl methyl sites for hydroxylation is 1. The number of ketones is 2. The molecule has 0 unspecified atom stereocenters. The minimum atomic E-state index is -1.30. The number of nitrogens with one attached hydrogen (secondary N) is 2. The molecule has 2 N–H and O–H groups in total. The van der Waals surface area contributed by atoms with Gasteiger partial charge in [0.05, 0.1) is 12.0 Å². The van der Waals surface area contributed by atoms with E-state index in [9.17, 15) is 24.0 Å². The molecule has 10 nitrogen and oxygen atoms in total. The lowest BCUT2D eigenvalue weighted by atomic mass is 9.71. The van der Waals surface area contributed by atoms with E-state index in [1.807, 2.05) is 36.4 Å². The summed E-state index contributed by atoms with van der Waals surface area (Å²) in [5.74, 6) is -0.937. The van der Waals surface area contributed by atoms with Crippen LogP contribution in [0, 0.1) is 0 Å². The zero-order valence-corrected chi connectivity index (χ0v) is 27.8. The van der Waals surface area contributed by atoms with Crippen LogP contribution in [0.4, 0.5) is 11.4 Å². The van der Waals surface area contributed by atoms with E-state index in [1.54, 1.807) is 42.5 Å². The number of benzene rings is 4. The average Bonchev–Trinajstić information content (AvgIpc) is 3.31. The van der Waals surface area contributed by atoms with Crippen LogP contribution < -0.4 is 20.1 Å². The lowest BCUT2D eigenvalue weighted by Crippen LogP contribution is -2.35. The monoisotopic (exact) mass is 676 g/mol. The number of anilines is 2. The van der Waals surface area contributed by atoms with Gasteiger partial charge in [0, 0.05) is 48.3 Å². The SMILES string of the molecule is CC(=O)CC(=O)CCc1ccc(NC(=S)Nc2ccc3c(c2)C(=O)OC32c3ccc(OC(C)=O)cc3Cc3cc(OC(C)=O)ccc32)cc1. The molecule has 0 amide bonds. The summed E-state index contributed by atoms with van der Waals surface area (Å²) in [4.78, 5) is 60.0. The zero-order valence-electron chi connectivity index (χ0n) is 27.0. The highest BCUT2D eigenvalue weighted by atomic mass is 32.1. The van der Waals surface area contributed by atoms with Crippen molar-refractivity contribution in [2.75, 3.05) is 10.6 Å². The number of ether oxygens (including phenoxy) is 3. The van der Waals surface area contributed by atoms with Crippen molar-refractivity contribution in [1.82, 2.24) is 0 Å². The van der Waals surface area contributed by atoms with Gasteiger partial charge in [-0.05, 0) is 97.2 Å². The molecular formula is C38H32N2O8S. The Morgan fingerprint density at radius 3 is 1.88 bits per heavy atom. The van der Waals surface area contributed by atoms with Crippen molar-refractivity contribution in [3.63, 3.8) is 0 Å². The molecule has 11 heteroatoms. The van der Waals surface area contributed by atoms with E-state index in [0.29, 0.717) is 52.7 Å². The number of thiocarbonyl (C=S) groups is 1. The smallest absolute Gasteiger partial charge is 0.340 e. The van der Waals surface area contributed by atoms with E-state index >= 15 is 0 Å². The second kappa shape index (κ2) is 13.4. The number of hydrogen-bond acceptors (Lipinski definition) is 9. The van der Waals surface area contributed by atoms with Crippen molar-refractivity contribution in [2.24, 2.45) is 0 Å². The number of rotatable bonds is 9. The molecule has 4 aromatic carbocycles. The molecule has 0 saturated heterocycles. The Morgan fingerprint density at radius 2 is 1.31 bits per heavy atom. The molecule has 1 aliphatic carbocycles. The standard InChI is InChI=1S/C38H32N2O8S/c1-21(41)16-29(44)10-6-24-4-7-27(8-5-24)39-37(49)40-28-9-13-35-32(20-28)36(45)48-38(35)33-14-11-30(46-22(2)42)18-25(33)17-26-19-31(47-23(3)43)12-15-34(26)38/h4-5,7-9,11-15,18-20H,6,10,16-17H2,1-3H3,(H2,39,40,49). The number of Topliss-reactive ketones (excluding diaryl/α,β-unsaturated/α-hetero) is 2. The molecule has 0 saturated carbocycles. The predicted molar refractivity (Wildman–Crippen MR) is 185 cm³/mol. The zero-order chi connectivity index (χ0) is 34.9. The molecular weight excluding hydrogens is 644 g/mol. The summed E-state index contributed by atoms with van der Waals surface area (Å²) in [6, 6.07) is 23.3. The van der Waals surface area contributed by atoms with Gasteiger partial charge in [-0.25, -0.2) is 4.79 Å². The predicted octanol–water partition coefficient (Wildman–Crippen LogP) is 6.19. The summed E-state index contributed by atoms with van der Waals surface area (Å²) in [6.07, 6.45) is 1.22. The topological polar surface area (TPSA) is 137 Å². The fraction of sp³-hybridized carbons (Fsp3) is 0.211. The normalized spacial score (nSPS) is 13.3. The third-order valence-corrected chi connectivity index (χ3v) is 8.49. The van der Waals surface area contributed by atoms with Gasteiger partial charge in [0.1, 0.15) is 23.1 Å². The van der Waals surface area contributed by atoms with E-state index in [-0.39, 0.29) is 18.0 Å². The molecule has 0 radical (unpaired) electrons. The van der Waals surface area contributed by atoms with E-state index in [2.05, 4.69) is 10.6 Å². The molecule has 1 aliphatic heterocycles. The van der Waals surface area contributed by atoms with E-state index in [0.717, 1.165) is 33.5 Å². The van der Waals surface area contributed by atoms with Gasteiger partial charge < -0.3 is 24.8 Å². The number of hydrogen-bond donors (Lipinski definition) is 2. The maximum absolute atomic E-state index is 13.6. The number of carbonyl (C=O) groups is 5. The second-order valence-electron chi connectivity index (χ2n) is 12.0. The first kappa shape index (κ1) is 33.2. The molecule has 0 atom stereocenters. The molecule has 0 fully saturated rings. The van der Waals surface area contributed by atoms with Gasteiger partial charge in [0.2, 0.25) is 0 Å². The van der Waals surface area contributed by atoms with Crippen molar-refractivity contribution in [3.05, 3.63) is 118 Å². The molecule has 49 heavy (non-hydrogen) atoms. The van der Waals surface area contributed by atoms with Gasteiger partial charge in [-0.2, -0.15) is 0 Å². The first-order valence-corrected chi connectivity index (χ1v) is 16.0. The summed E-state index contributed by atoms with van der Waals surface area (Å²) in [7, 11) is 0. The van der Waals surface area contributed by atoms with Gasteiger partial charge in [-0.1, -0.05) is 30.3 Å². The highest BCUT2D eigenvalue weighted by molar-refractivity contribution is 7.80.